The largest absolute Gasteiger partial charge is 0.497 e. The SMILES string of the molecule is COC(=O)[C@H]1[C@H](CSc2ccccc2)c2ccsc2CCN1S(=O)(=O)c1ccc(OC)cc1. The first-order valence-electron chi connectivity index (χ1n) is 10.4. The Morgan fingerprint density at radius 3 is 2.48 bits per heavy atom. The number of carbonyl (C=O) groups is 1. The highest BCUT2D eigenvalue weighted by atomic mass is 32.2. The molecule has 1 aromatic heterocycles. The van der Waals surface area contributed by atoms with Gasteiger partial charge in [0.05, 0.1) is 19.1 Å². The van der Waals surface area contributed by atoms with Crippen molar-refractivity contribution >= 4 is 39.1 Å². The summed E-state index contributed by atoms with van der Waals surface area (Å²) in [6.45, 7) is 0.203. The zero-order valence-corrected chi connectivity index (χ0v) is 20.8. The average Bonchev–Trinajstić information content (AvgIpc) is 3.25. The molecule has 9 heteroatoms. The average molecular weight is 504 g/mol. The van der Waals surface area contributed by atoms with Gasteiger partial charge >= 0.3 is 5.97 Å². The first kappa shape index (κ1) is 23.8. The maximum atomic E-state index is 13.7. The van der Waals surface area contributed by atoms with E-state index < -0.39 is 22.0 Å². The lowest BCUT2D eigenvalue weighted by Crippen LogP contribution is -2.49. The van der Waals surface area contributed by atoms with Crippen molar-refractivity contribution in [3.05, 3.63) is 76.5 Å². The number of methoxy groups -OCH3 is 2. The molecule has 1 aliphatic heterocycles. The smallest absolute Gasteiger partial charge is 0.324 e. The van der Waals surface area contributed by atoms with Gasteiger partial charge in [-0.3, -0.25) is 4.79 Å². The molecule has 0 fully saturated rings. The molecular weight excluding hydrogens is 478 g/mol. The second kappa shape index (κ2) is 10.3. The topological polar surface area (TPSA) is 72.9 Å². The van der Waals surface area contributed by atoms with Crippen molar-refractivity contribution in [2.45, 2.75) is 28.2 Å². The number of sulfonamides is 1. The minimum Gasteiger partial charge on any atom is -0.497 e. The van der Waals surface area contributed by atoms with Crippen LogP contribution in [0.25, 0.3) is 0 Å². The second-order valence-electron chi connectivity index (χ2n) is 7.54. The third-order valence-corrected chi connectivity index (χ3v) is 9.73. The minimum absolute atomic E-state index is 0.122. The van der Waals surface area contributed by atoms with Crippen LogP contribution in [0.1, 0.15) is 16.4 Å². The molecule has 6 nitrogen and oxygen atoms in total. The Labute approximate surface area is 202 Å². The molecule has 0 radical (unpaired) electrons. The highest BCUT2D eigenvalue weighted by Gasteiger charge is 2.44. The van der Waals surface area contributed by atoms with Gasteiger partial charge in [-0.15, -0.1) is 23.1 Å². The van der Waals surface area contributed by atoms with Crippen molar-refractivity contribution in [1.82, 2.24) is 4.31 Å². The van der Waals surface area contributed by atoms with Crippen LogP contribution >= 0.6 is 23.1 Å². The first-order chi connectivity index (χ1) is 16.0. The Morgan fingerprint density at radius 1 is 1.09 bits per heavy atom. The van der Waals surface area contributed by atoms with E-state index in [1.807, 2.05) is 41.8 Å². The number of nitrogens with zero attached hydrogens (tertiary/aromatic N) is 1. The molecule has 0 amide bonds. The van der Waals surface area contributed by atoms with E-state index >= 15 is 0 Å². The van der Waals surface area contributed by atoms with Crippen molar-refractivity contribution in [3.63, 3.8) is 0 Å². The fraction of sp³-hybridized carbons (Fsp3) is 0.292. The summed E-state index contributed by atoms with van der Waals surface area (Å²) in [7, 11) is -1.12. The predicted octanol–water partition coefficient (Wildman–Crippen LogP) is 4.42. The van der Waals surface area contributed by atoms with E-state index in [0.717, 1.165) is 15.3 Å². The Hall–Kier alpha value is -2.33. The summed E-state index contributed by atoms with van der Waals surface area (Å²) in [5.41, 5.74) is 1.02. The van der Waals surface area contributed by atoms with Gasteiger partial charge in [-0.2, -0.15) is 4.31 Å². The van der Waals surface area contributed by atoms with E-state index in [1.54, 1.807) is 35.2 Å². The summed E-state index contributed by atoms with van der Waals surface area (Å²) >= 11 is 3.21. The van der Waals surface area contributed by atoms with Gasteiger partial charge in [0, 0.05) is 28.0 Å². The lowest BCUT2D eigenvalue weighted by atomic mass is 9.94. The molecule has 2 atom stereocenters. The number of ether oxygens (including phenoxy) is 2. The van der Waals surface area contributed by atoms with Crippen LogP contribution in [0.15, 0.2) is 75.8 Å². The van der Waals surface area contributed by atoms with E-state index in [9.17, 15) is 13.2 Å². The quantitative estimate of drug-likeness (QED) is 0.351. The van der Waals surface area contributed by atoms with Crippen molar-refractivity contribution in [2.24, 2.45) is 0 Å². The Kier molecular flexibility index (Phi) is 7.43. The Morgan fingerprint density at radius 2 is 1.82 bits per heavy atom. The normalized spacial score (nSPS) is 18.8. The van der Waals surface area contributed by atoms with Gasteiger partial charge in [0.25, 0.3) is 0 Å². The summed E-state index contributed by atoms with van der Waals surface area (Å²) in [6, 6.07) is 17.2. The molecule has 2 heterocycles. The maximum absolute atomic E-state index is 13.7. The van der Waals surface area contributed by atoms with Gasteiger partial charge in [0.15, 0.2) is 0 Å². The van der Waals surface area contributed by atoms with E-state index in [-0.39, 0.29) is 17.4 Å². The van der Waals surface area contributed by atoms with Gasteiger partial charge in [-0.1, -0.05) is 18.2 Å². The molecular formula is C24H25NO5S3. The zero-order chi connectivity index (χ0) is 23.4. The summed E-state index contributed by atoms with van der Waals surface area (Å²) in [6.07, 6.45) is 0.544. The number of carbonyl (C=O) groups excluding carboxylic acids is 1. The van der Waals surface area contributed by atoms with Crippen LogP contribution in [0, 0.1) is 0 Å². The fourth-order valence-electron chi connectivity index (χ4n) is 4.04. The van der Waals surface area contributed by atoms with Gasteiger partial charge < -0.3 is 9.47 Å². The summed E-state index contributed by atoms with van der Waals surface area (Å²) < 4.78 is 39.1. The number of benzene rings is 2. The van der Waals surface area contributed by atoms with Crippen LogP contribution in [0.5, 0.6) is 5.75 Å². The van der Waals surface area contributed by atoms with E-state index in [0.29, 0.717) is 17.9 Å². The molecule has 0 spiro atoms. The van der Waals surface area contributed by atoms with Crippen LogP contribution in [0.3, 0.4) is 0 Å². The van der Waals surface area contributed by atoms with Crippen molar-refractivity contribution < 1.29 is 22.7 Å². The fourth-order valence-corrected chi connectivity index (χ4v) is 7.69. The van der Waals surface area contributed by atoms with Crippen molar-refractivity contribution in [3.8, 4) is 5.75 Å². The number of hydrogen-bond acceptors (Lipinski definition) is 7. The molecule has 2 aromatic carbocycles. The lowest BCUT2D eigenvalue weighted by Gasteiger charge is -2.32. The van der Waals surface area contributed by atoms with Crippen LogP contribution in [0.2, 0.25) is 0 Å². The Balaban J connectivity index is 1.75. The predicted molar refractivity (Wildman–Crippen MR) is 131 cm³/mol. The highest BCUT2D eigenvalue weighted by Crippen LogP contribution is 2.39. The van der Waals surface area contributed by atoms with Gasteiger partial charge in [0.2, 0.25) is 10.0 Å². The molecule has 174 valence electrons. The number of thioether (sulfide) groups is 1. The molecule has 0 saturated carbocycles. The molecule has 4 rings (SSSR count). The lowest BCUT2D eigenvalue weighted by molar-refractivity contribution is -0.145. The standard InChI is InChI=1S/C24H25NO5S3/c1-29-17-8-10-19(11-9-17)33(27,28)25-14-12-22-20(13-15-31-22)21(23(25)24(26)30-2)16-32-18-6-4-3-5-7-18/h3-11,13,15,21,23H,12,14,16H2,1-2H3/t21-,23-/m1/s1. The highest BCUT2D eigenvalue weighted by molar-refractivity contribution is 7.99. The van der Waals surface area contributed by atoms with Crippen molar-refractivity contribution in [1.29, 1.82) is 0 Å². The van der Waals surface area contributed by atoms with Gasteiger partial charge in [-0.05, 0) is 59.8 Å². The summed E-state index contributed by atoms with van der Waals surface area (Å²) in [5.74, 6) is 0.208. The number of esters is 1. The number of hydrogen-bond donors (Lipinski definition) is 0. The summed E-state index contributed by atoms with van der Waals surface area (Å²) in [4.78, 5) is 15.4. The molecule has 1 aliphatic rings. The van der Waals surface area contributed by atoms with Crippen molar-refractivity contribution in [2.75, 3.05) is 26.5 Å². The number of thiophene rings is 1. The second-order valence-corrected chi connectivity index (χ2v) is 11.5. The first-order valence-corrected chi connectivity index (χ1v) is 13.7. The molecule has 0 unspecified atom stereocenters. The van der Waals surface area contributed by atoms with Crippen LogP contribution in [-0.2, 0) is 26.0 Å². The van der Waals surface area contributed by atoms with Crippen LogP contribution in [-0.4, -0.2) is 51.3 Å². The van der Waals surface area contributed by atoms with Gasteiger partial charge in [0.1, 0.15) is 11.8 Å². The van der Waals surface area contributed by atoms with E-state index in [4.69, 9.17) is 9.47 Å². The molecule has 0 saturated heterocycles. The zero-order valence-electron chi connectivity index (χ0n) is 18.3. The molecule has 0 aliphatic carbocycles. The monoisotopic (exact) mass is 503 g/mol. The van der Waals surface area contributed by atoms with E-state index in [1.165, 1.54) is 30.7 Å². The maximum Gasteiger partial charge on any atom is 0.324 e. The molecule has 0 N–H and O–H groups in total. The van der Waals surface area contributed by atoms with Crippen LogP contribution in [0.4, 0.5) is 0 Å². The molecule has 3 aromatic rings. The number of fused-ring (bicyclic) bond motifs is 1. The Bertz CT molecular complexity index is 1190. The third kappa shape index (κ3) is 4.96. The minimum atomic E-state index is -3.95. The molecule has 33 heavy (non-hydrogen) atoms. The molecule has 0 bridgehead atoms. The third-order valence-electron chi connectivity index (χ3n) is 5.71. The van der Waals surface area contributed by atoms with Crippen LogP contribution < -0.4 is 4.74 Å². The van der Waals surface area contributed by atoms with Gasteiger partial charge in [-0.25, -0.2) is 8.42 Å². The van der Waals surface area contributed by atoms with E-state index in [2.05, 4.69) is 0 Å². The summed E-state index contributed by atoms with van der Waals surface area (Å²) in [5, 5.41) is 2.01. The number of rotatable bonds is 7.